The van der Waals surface area contributed by atoms with Crippen molar-refractivity contribution in [3.63, 3.8) is 0 Å². The summed E-state index contributed by atoms with van der Waals surface area (Å²) in [6.07, 6.45) is 0.220. The number of aromatic nitrogens is 1. The van der Waals surface area contributed by atoms with E-state index in [2.05, 4.69) is 16.4 Å². The van der Waals surface area contributed by atoms with Gasteiger partial charge < -0.3 is 19.6 Å². The number of aryl methyl sites for hydroxylation is 2. The van der Waals surface area contributed by atoms with Gasteiger partial charge in [-0.25, -0.2) is 0 Å². The quantitative estimate of drug-likeness (QED) is 0.471. The van der Waals surface area contributed by atoms with E-state index in [0.29, 0.717) is 24.4 Å². The smallest absolute Gasteiger partial charge is 0.255 e. The topological polar surface area (TPSA) is 78.3 Å². The molecule has 0 aliphatic carbocycles. The Morgan fingerprint density at radius 2 is 1.84 bits per heavy atom. The van der Waals surface area contributed by atoms with E-state index in [1.54, 1.807) is 0 Å². The molecule has 2 amide bonds. The molecular weight excluding hydrogens is 402 g/mol. The number of para-hydroxylation sites is 1. The van der Waals surface area contributed by atoms with Crippen LogP contribution in [0.1, 0.15) is 51.2 Å². The van der Waals surface area contributed by atoms with Gasteiger partial charge in [0.15, 0.2) is 0 Å². The summed E-state index contributed by atoms with van der Waals surface area (Å²) in [5.74, 6) is 1.38. The van der Waals surface area contributed by atoms with Crippen molar-refractivity contribution in [2.45, 2.75) is 32.9 Å². The molecule has 0 spiro atoms. The summed E-state index contributed by atoms with van der Waals surface area (Å²) in [4.78, 5) is 31.1. The van der Waals surface area contributed by atoms with E-state index in [0.717, 1.165) is 33.5 Å². The fourth-order valence-electron chi connectivity index (χ4n) is 4.64. The van der Waals surface area contributed by atoms with Crippen LogP contribution in [0.4, 0.5) is 0 Å². The van der Waals surface area contributed by atoms with E-state index >= 15 is 0 Å². The van der Waals surface area contributed by atoms with Crippen LogP contribution < -0.4 is 5.32 Å². The van der Waals surface area contributed by atoms with E-state index in [9.17, 15) is 9.59 Å². The second-order valence-electron chi connectivity index (χ2n) is 8.24. The molecule has 0 saturated carbocycles. The number of nitrogens with zero attached hydrogens (tertiary/aromatic N) is 1. The first kappa shape index (κ1) is 20.1. The average molecular weight is 428 g/mol. The van der Waals surface area contributed by atoms with Gasteiger partial charge in [-0.3, -0.25) is 9.59 Å². The normalized spacial score (nSPS) is 15.4. The monoisotopic (exact) mass is 427 g/mol. The van der Waals surface area contributed by atoms with Gasteiger partial charge in [0.25, 0.3) is 5.91 Å². The van der Waals surface area contributed by atoms with Crippen molar-refractivity contribution in [3.8, 4) is 0 Å². The molecule has 1 unspecified atom stereocenters. The van der Waals surface area contributed by atoms with Crippen molar-refractivity contribution in [2.75, 3.05) is 6.54 Å². The maximum Gasteiger partial charge on any atom is 0.255 e. The lowest BCUT2D eigenvalue weighted by Gasteiger charge is -2.26. The summed E-state index contributed by atoms with van der Waals surface area (Å²) in [6.45, 7) is 4.58. The third-order valence-corrected chi connectivity index (χ3v) is 6.11. The summed E-state index contributed by atoms with van der Waals surface area (Å²) >= 11 is 0. The molecule has 0 bridgehead atoms. The minimum Gasteiger partial charge on any atom is -0.465 e. The zero-order valence-corrected chi connectivity index (χ0v) is 18.1. The Labute approximate surface area is 186 Å². The number of hydrogen-bond acceptors (Lipinski definition) is 3. The van der Waals surface area contributed by atoms with Gasteiger partial charge in [0.1, 0.15) is 11.5 Å². The van der Waals surface area contributed by atoms with E-state index in [-0.39, 0.29) is 24.3 Å². The third kappa shape index (κ3) is 3.47. The van der Waals surface area contributed by atoms with Crippen molar-refractivity contribution < 1.29 is 14.0 Å². The zero-order chi connectivity index (χ0) is 22.2. The first-order valence-corrected chi connectivity index (χ1v) is 10.8. The van der Waals surface area contributed by atoms with Crippen LogP contribution in [0.15, 0.2) is 65.1 Å². The van der Waals surface area contributed by atoms with Gasteiger partial charge in [0.05, 0.1) is 12.6 Å². The number of H-pyrrole nitrogens is 1. The fourth-order valence-corrected chi connectivity index (χ4v) is 4.64. The maximum atomic E-state index is 13.3. The first-order chi connectivity index (χ1) is 15.5. The summed E-state index contributed by atoms with van der Waals surface area (Å²) in [5.41, 5.74) is 4.85. The number of hydrogen-bond donors (Lipinski definition) is 2. The predicted molar refractivity (Wildman–Crippen MR) is 122 cm³/mol. The van der Waals surface area contributed by atoms with Crippen LogP contribution in [0.3, 0.4) is 0 Å². The van der Waals surface area contributed by atoms with Gasteiger partial charge in [-0.05, 0) is 43.7 Å². The molecule has 2 aromatic heterocycles. The number of amides is 2. The molecule has 5 rings (SSSR count). The number of furan rings is 1. The molecular formula is C26H25N3O3. The van der Waals surface area contributed by atoms with Crippen LogP contribution >= 0.6 is 0 Å². The minimum absolute atomic E-state index is 0.0373. The predicted octanol–water partition coefficient (Wildman–Crippen LogP) is 4.63. The highest BCUT2D eigenvalue weighted by Crippen LogP contribution is 2.42. The second kappa shape index (κ2) is 8.04. The van der Waals surface area contributed by atoms with Gasteiger partial charge >= 0.3 is 0 Å². The third-order valence-electron chi connectivity index (χ3n) is 6.11. The summed E-state index contributed by atoms with van der Waals surface area (Å²) < 4.78 is 5.51. The molecule has 0 fully saturated rings. The Morgan fingerprint density at radius 1 is 1.06 bits per heavy atom. The standard InChI is InChI=1S/C26H25N3O3/c1-16-11-12-18(32-16)15-27-23(30)13-14-29-25(19-7-3-4-8-20(19)26(29)31)24-17(2)28-22-10-6-5-9-21(22)24/h3-12,25,28H,13-15H2,1-2H3,(H,27,30). The van der Waals surface area contributed by atoms with E-state index < -0.39 is 0 Å². The van der Waals surface area contributed by atoms with E-state index in [1.807, 2.05) is 73.3 Å². The highest BCUT2D eigenvalue weighted by molar-refractivity contribution is 6.01. The van der Waals surface area contributed by atoms with Crippen LogP contribution in [0.2, 0.25) is 0 Å². The molecule has 162 valence electrons. The molecule has 2 aromatic carbocycles. The molecule has 1 aliphatic rings. The van der Waals surface area contributed by atoms with Crippen molar-refractivity contribution in [2.24, 2.45) is 0 Å². The van der Waals surface area contributed by atoms with Crippen LogP contribution in [0, 0.1) is 13.8 Å². The highest BCUT2D eigenvalue weighted by Gasteiger charge is 2.39. The highest BCUT2D eigenvalue weighted by atomic mass is 16.3. The van der Waals surface area contributed by atoms with Crippen molar-refractivity contribution >= 4 is 22.7 Å². The molecule has 6 nitrogen and oxygen atoms in total. The van der Waals surface area contributed by atoms with Crippen molar-refractivity contribution in [3.05, 3.63) is 94.6 Å². The molecule has 3 heterocycles. The molecule has 6 heteroatoms. The van der Waals surface area contributed by atoms with E-state index in [1.165, 1.54) is 0 Å². The van der Waals surface area contributed by atoms with Crippen LogP contribution in [0.5, 0.6) is 0 Å². The Bertz CT molecular complexity index is 1320. The number of aromatic amines is 1. The number of benzene rings is 2. The Kier molecular flexibility index (Phi) is 5.05. The van der Waals surface area contributed by atoms with Gasteiger partial charge in [-0.15, -0.1) is 0 Å². The van der Waals surface area contributed by atoms with Crippen molar-refractivity contribution in [1.29, 1.82) is 0 Å². The number of carbonyl (C=O) groups excluding carboxylic acids is 2. The number of nitrogens with one attached hydrogen (secondary N) is 2. The van der Waals surface area contributed by atoms with Gasteiger partial charge in [-0.1, -0.05) is 36.4 Å². The molecule has 0 radical (unpaired) electrons. The second-order valence-corrected chi connectivity index (χ2v) is 8.24. The van der Waals surface area contributed by atoms with E-state index in [4.69, 9.17) is 4.42 Å². The number of carbonyl (C=O) groups is 2. The molecule has 1 aliphatic heterocycles. The molecule has 32 heavy (non-hydrogen) atoms. The van der Waals surface area contributed by atoms with Crippen LogP contribution in [-0.2, 0) is 11.3 Å². The SMILES string of the molecule is Cc1ccc(CNC(=O)CCN2C(=O)c3ccccc3C2c2c(C)[nH]c3ccccc23)o1. The first-order valence-electron chi connectivity index (χ1n) is 10.8. The zero-order valence-electron chi connectivity index (χ0n) is 18.1. The number of rotatable bonds is 6. The van der Waals surface area contributed by atoms with Crippen LogP contribution in [0.25, 0.3) is 10.9 Å². The Morgan fingerprint density at radius 3 is 2.66 bits per heavy atom. The maximum absolute atomic E-state index is 13.3. The van der Waals surface area contributed by atoms with Crippen molar-refractivity contribution in [1.82, 2.24) is 15.2 Å². The summed E-state index contributed by atoms with van der Waals surface area (Å²) in [6, 6.07) is 19.4. The lowest BCUT2D eigenvalue weighted by Crippen LogP contribution is -2.33. The van der Waals surface area contributed by atoms with Crippen LogP contribution in [-0.4, -0.2) is 28.2 Å². The van der Waals surface area contributed by atoms with Gasteiger partial charge in [-0.2, -0.15) is 0 Å². The van der Waals surface area contributed by atoms with Gasteiger partial charge in [0, 0.05) is 40.7 Å². The minimum atomic E-state index is -0.227. The van der Waals surface area contributed by atoms with Gasteiger partial charge in [0.2, 0.25) is 5.91 Å². The molecule has 0 saturated heterocycles. The average Bonchev–Trinajstić information content (AvgIpc) is 3.44. The largest absolute Gasteiger partial charge is 0.465 e. The Hall–Kier alpha value is -3.80. The fraction of sp³-hybridized carbons (Fsp3) is 0.231. The molecule has 2 N–H and O–H groups in total. The lowest BCUT2D eigenvalue weighted by molar-refractivity contribution is -0.121. The summed E-state index contributed by atoms with van der Waals surface area (Å²) in [5, 5.41) is 3.99. The lowest BCUT2D eigenvalue weighted by atomic mass is 9.95. The number of fused-ring (bicyclic) bond motifs is 2. The Balaban J connectivity index is 1.41. The summed E-state index contributed by atoms with van der Waals surface area (Å²) in [7, 11) is 0. The molecule has 4 aromatic rings. The molecule has 1 atom stereocenters.